The Kier molecular flexibility index (Phi) is 10.2. The minimum atomic E-state index is -0.638. The van der Waals surface area contributed by atoms with Crippen LogP contribution in [0.4, 0.5) is 15.8 Å². The Bertz CT molecular complexity index is 1840. The number of thioether (sulfide) groups is 1. The van der Waals surface area contributed by atoms with Crippen LogP contribution in [0.25, 0.3) is 6.08 Å². The van der Waals surface area contributed by atoms with E-state index in [2.05, 4.69) is 16.0 Å². The molecule has 1 unspecified atom stereocenters. The normalized spacial score (nSPS) is 11.7. The van der Waals surface area contributed by atoms with Gasteiger partial charge < -0.3 is 16.0 Å². The standard InChI is InChI=1S/C37H30FN3O3S/c1-25-12-10-18-29(22-25)40-37(44)34(26-13-4-2-5-14-26)45-31-20-11-19-30(24-31)39-36(43)33(23-28-17-8-9-21-32(28)38)41-35(42)27-15-6-3-7-16-27/h2-24,34H,1H3,(H,39,43)(H,40,44)(H,41,42)/b33-23-. The molecule has 0 aliphatic carbocycles. The molecule has 45 heavy (non-hydrogen) atoms. The molecule has 0 fully saturated rings. The van der Waals surface area contributed by atoms with Gasteiger partial charge in [0.15, 0.2) is 0 Å². The van der Waals surface area contributed by atoms with Crippen LogP contribution in [0.15, 0.2) is 144 Å². The van der Waals surface area contributed by atoms with Crippen LogP contribution in [0.3, 0.4) is 0 Å². The van der Waals surface area contributed by atoms with Crippen LogP contribution in [-0.2, 0) is 9.59 Å². The summed E-state index contributed by atoms with van der Waals surface area (Å²) < 4.78 is 14.5. The largest absolute Gasteiger partial charge is 0.325 e. The molecule has 5 rings (SSSR count). The zero-order valence-corrected chi connectivity index (χ0v) is 25.2. The summed E-state index contributed by atoms with van der Waals surface area (Å²) in [5.74, 6) is -1.87. The van der Waals surface area contributed by atoms with Crippen molar-refractivity contribution in [1.82, 2.24) is 5.32 Å². The van der Waals surface area contributed by atoms with E-state index in [1.54, 1.807) is 60.7 Å². The van der Waals surface area contributed by atoms with Crippen LogP contribution < -0.4 is 16.0 Å². The van der Waals surface area contributed by atoms with Crippen LogP contribution >= 0.6 is 11.8 Å². The van der Waals surface area contributed by atoms with Crippen LogP contribution in [0.1, 0.15) is 32.3 Å². The molecule has 0 aromatic heterocycles. The zero-order chi connectivity index (χ0) is 31.6. The summed E-state index contributed by atoms with van der Waals surface area (Å²) in [4.78, 5) is 40.7. The Labute approximate surface area is 265 Å². The zero-order valence-electron chi connectivity index (χ0n) is 24.4. The van der Waals surface area contributed by atoms with Gasteiger partial charge in [-0.25, -0.2) is 4.39 Å². The second kappa shape index (κ2) is 14.8. The maximum Gasteiger partial charge on any atom is 0.272 e. The van der Waals surface area contributed by atoms with Crippen molar-refractivity contribution in [3.63, 3.8) is 0 Å². The van der Waals surface area contributed by atoms with Gasteiger partial charge in [0.05, 0.1) is 0 Å². The first-order valence-electron chi connectivity index (χ1n) is 14.2. The molecule has 224 valence electrons. The highest BCUT2D eigenvalue weighted by Gasteiger charge is 2.23. The van der Waals surface area contributed by atoms with Gasteiger partial charge in [-0.1, -0.05) is 84.9 Å². The Hall–Kier alpha value is -5.47. The number of halogens is 1. The topological polar surface area (TPSA) is 87.3 Å². The van der Waals surface area contributed by atoms with E-state index >= 15 is 0 Å². The predicted molar refractivity (Wildman–Crippen MR) is 178 cm³/mol. The van der Waals surface area contributed by atoms with Crippen molar-refractivity contribution in [2.24, 2.45) is 0 Å². The molecule has 6 nitrogen and oxygen atoms in total. The lowest BCUT2D eigenvalue weighted by Crippen LogP contribution is -2.30. The summed E-state index contributed by atoms with van der Waals surface area (Å²) in [6.07, 6.45) is 1.30. The van der Waals surface area contributed by atoms with E-state index in [0.717, 1.165) is 16.0 Å². The van der Waals surface area contributed by atoms with Crippen molar-refractivity contribution in [2.75, 3.05) is 10.6 Å². The van der Waals surface area contributed by atoms with E-state index in [4.69, 9.17) is 0 Å². The SMILES string of the molecule is Cc1cccc(NC(=O)C(Sc2cccc(NC(=O)/C(=C/c3ccccc3F)NC(=O)c3ccccc3)c2)c2ccccc2)c1. The van der Waals surface area contributed by atoms with Crippen LogP contribution in [0.5, 0.6) is 0 Å². The monoisotopic (exact) mass is 615 g/mol. The number of hydrogen-bond acceptors (Lipinski definition) is 4. The third-order valence-electron chi connectivity index (χ3n) is 6.71. The van der Waals surface area contributed by atoms with E-state index in [1.807, 2.05) is 67.6 Å². The second-order valence-electron chi connectivity index (χ2n) is 10.1. The number of nitrogens with one attached hydrogen (secondary N) is 3. The van der Waals surface area contributed by atoms with Gasteiger partial charge in [-0.05, 0) is 72.7 Å². The van der Waals surface area contributed by atoms with Crippen LogP contribution in [0, 0.1) is 12.7 Å². The summed E-state index contributed by atoms with van der Waals surface area (Å²) in [5, 5.41) is 7.86. The minimum absolute atomic E-state index is 0.133. The summed E-state index contributed by atoms with van der Waals surface area (Å²) in [6.45, 7) is 1.96. The molecule has 1 atom stereocenters. The number of aryl methyl sites for hydroxylation is 1. The number of benzene rings is 5. The number of rotatable bonds is 10. The van der Waals surface area contributed by atoms with Gasteiger partial charge in [0.1, 0.15) is 16.8 Å². The smallest absolute Gasteiger partial charge is 0.272 e. The van der Waals surface area contributed by atoms with Gasteiger partial charge >= 0.3 is 0 Å². The predicted octanol–water partition coefficient (Wildman–Crippen LogP) is 8.02. The highest BCUT2D eigenvalue weighted by atomic mass is 32.2. The molecule has 3 amide bonds. The molecule has 5 aromatic rings. The van der Waals surface area contributed by atoms with Crippen LogP contribution in [0.2, 0.25) is 0 Å². The molecule has 0 aliphatic heterocycles. The summed E-state index contributed by atoms with van der Waals surface area (Å²) in [7, 11) is 0. The fraction of sp³-hybridized carbons (Fsp3) is 0.0541. The van der Waals surface area contributed by atoms with Crippen molar-refractivity contribution in [3.8, 4) is 0 Å². The summed E-state index contributed by atoms with van der Waals surface area (Å²) in [5.41, 5.74) is 3.35. The molecule has 3 N–H and O–H groups in total. The second-order valence-corrected chi connectivity index (χ2v) is 11.3. The molecule has 0 bridgehead atoms. The molecule has 0 spiro atoms. The maximum absolute atomic E-state index is 14.5. The van der Waals surface area contributed by atoms with Crippen molar-refractivity contribution in [1.29, 1.82) is 0 Å². The highest BCUT2D eigenvalue weighted by molar-refractivity contribution is 8.00. The first kappa shape index (κ1) is 31.0. The van der Waals surface area contributed by atoms with Gasteiger partial charge in [-0.15, -0.1) is 11.8 Å². The average molecular weight is 616 g/mol. The molecular formula is C37H30FN3O3S. The molecule has 8 heteroatoms. The van der Waals surface area contributed by atoms with E-state index in [1.165, 1.54) is 30.0 Å². The first-order chi connectivity index (χ1) is 21.9. The van der Waals surface area contributed by atoms with Crippen molar-refractivity contribution in [2.45, 2.75) is 17.1 Å². The Morgan fingerprint density at radius 1 is 0.711 bits per heavy atom. The molecular weight excluding hydrogens is 585 g/mol. The third kappa shape index (κ3) is 8.55. The number of hydrogen-bond donors (Lipinski definition) is 3. The van der Waals surface area contributed by atoms with Gasteiger partial charge in [-0.2, -0.15) is 0 Å². The Balaban J connectivity index is 1.38. The van der Waals surface area contributed by atoms with Crippen molar-refractivity contribution >= 4 is 46.9 Å². The fourth-order valence-electron chi connectivity index (χ4n) is 4.50. The number of amides is 3. The van der Waals surface area contributed by atoms with E-state index in [-0.39, 0.29) is 17.2 Å². The molecule has 0 heterocycles. The van der Waals surface area contributed by atoms with Crippen molar-refractivity contribution < 1.29 is 18.8 Å². The summed E-state index contributed by atoms with van der Waals surface area (Å²) in [6, 6.07) is 38.5. The molecule has 0 radical (unpaired) electrons. The van der Waals surface area contributed by atoms with Gasteiger partial charge in [0.25, 0.3) is 11.8 Å². The average Bonchev–Trinajstić information content (AvgIpc) is 3.05. The van der Waals surface area contributed by atoms with E-state index in [0.29, 0.717) is 16.9 Å². The lowest BCUT2D eigenvalue weighted by Gasteiger charge is -2.18. The first-order valence-corrected chi connectivity index (χ1v) is 15.1. The maximum atomic E-state index is 14.5. The fourth-order valence-corrected chi connectivity index (χ4v) is 5.59. The van der Waals surface area contributed by atoms with Crippen LogP contribution in [-0.4, -0.2) is 17.7 Å². The number of carbonyl (C=O) groups is 3. The highest BCUT2D eigenvalue weighted by Crippen LogP contribution is 2.37. The lowest BCUT2D eigenvalue weighted by molar-refractivity contribution is -0.116. The van der Waals surface area contributed by atoms with Crippen molar-refractivity contribution in [3.05, 3.63) is 167 Å². The van der Waals surface area contributed by atoms with Gasteiger partial charge in [0.2, 0.25) is 5.91 Å². The Morgan fingerprint density at radius 2 is 1.36 bits per heavy atom. The quantitative estimate of drug-likeness (QED) is 0.110. The minimum Gasteiger partial charge on any atom is -0.325 e. The van der Waals surface area contributed by atoms with Gasteiger partial charge in [0, 0.05) is 27.4 Å². The van der Waals surface area contributed by atoms with Gasteiger partial charge in [-0.3, -0.25) is 14.4 Å². The third-order valence-corrected chi connectivity index (χ3v) is 7.95. The lowest BCUT2D eigenvalue weighted by atomic mass is 10.1. The Morgan fingerprint density at radius 3 is 2.07 bits per heavy atom. The molecule has 0 saturated carbocycles. The summed E-state index contributed by atoms with van der Waals surface area (Å²) >= 11 is 1.34. The number of anilines is 2. The molecule has 0 saturated heterocycles. The number of carbonyl (C=O) groups excluding carboxylic acids is 3. The van der Waals surface area contributed by atoms with E-state index < -0.39 is 22.9 Å². The molecule has 5 aromatic carbocycles. The molecule has 0 aliphatic rings. The van der Waals surface area contributed by atoms with E-state index in [9.17, 15) is 18.8 Å².